The molecule has 0 saturated carbocycles. The zero-order valence-corrected chi connectivity index (χ0v) is 22.9. The lowest BCUT2D eigenvalue weighted by molar-refractivity contribution is -0.134. The van der Waals surface area contributed by atoms with Crippen molar-refractivity contribution in [3.63, 3.8) is 0 Å². The number of rotatable bonds is 10. The van der Waals surface area contributed by atoms with Crippen LogP contribution in [0.25, 0.3) is 0 Å². The molecule has 4 rings (SSSR count). The summed E-state index contributed by atoms with van der Waals surface area (Å²) < 4.78 is 6.29. The normalized spacial score (nSPS) is 16.6. The number of halogens is 2. The monoisotopic (exact) mass is 649 g/mol. The Morgan fingerprint density at radius 3 is 2.47 bits per heavy atom. The van der Waals surface area contributed by atoms with E-state index in [-0.39, 0.29) is 13.0 Å². The molecule has 1 aliphatic rings. The predicted molar refractivity (Wildman–Crippen MR) is 150 cm³/mol. The summed E-state index contributed by atoms with van der Waals surface area (Å²) in [5.41, 5.74) is 1.65. The van der Waals surface area contributed by atoms with Gasteiger partial charge in [0.2, 0.25) is 5.91 Å². The van der Waals surface area contributed by atoms with E-state index in [1.54, 1.807) is 42.5 Å². The number of ether oxygens (including phenoxy) is 1. The summed E-state index contributed by atoms with van der Waals surface area (Å²) in [5, 5.41) is 24.1. The minimum absolute atomic E-state index is 0.0937. The Balaban J connectivity index is 1.56. The highest BCUT2D eigenvalue weighted by molar-refractivity contribution is 14.1. The van der Waals surface area contributed by atoms with Crippen molar-refractivity contribution in [1.29, 1.82) is 0 Å². The number of carbonyl (C=O) groups excluding carboxylic acids is 3. The van der Waals surface area contributed by atoms with Gasteiger partial charge in [0, 0.05) is 9.99 Å². The average molecular weight is 650 g/mol. The second kappa shape index (κ2) is 12.6. The third kappa shape index (κ3) is 6.62. The zero-order valence-electron chi connectivity index (χ0n) is 20.0. The predicted octanol–water partition coefficient (Wildman–Crippen LogP) is 3.52. The van der Waals surface area contributed by atoms with Crippen LogP contribution in [-0.2, 0) is 16.0 Å². The van der Waals surface area contributed by atoms with Crippen LogP contribution in [0.1, 0.15) is 17.2 Å². The molecule has 0 aromatic heterocycles. The Morgan fingerprint density at radius 1 is 1.11 bits per heavy atom. The van der Waals surface area contributed by atoms with Crippen LogP contribution >= 0.6 is 34.2 Å². The number of anilines is 1. The van der Waals surface area contributed by atoms with Gasteiger partial charge in [-0.2, -0.15) is 0 Å². The van der Waals surface area contributed by atoms with E-state index in [4.69, 9.17) is 21.4 Å². The summed E-state index contributed by atoms with van der Waals surface area (Å²) in [6.45, 7) is -0.520. The van der Waals surface area contributed by atoms with E-state index in [1.165, 1.54) is 0 Å². The zero-order chi connectivity index (χ0) is 27.2. The number of urea groups is 1. The lowest BCUT2D eigenvalue weighted by atomic mass is 10.0. The van der Waals surface area contributed by atoms with Crippen molar-refractivity contribution in [2.75, 3.05) is 18.5 Å². The molecule has 9 nitrogen and oxygen atoms in total. The van der Waals surface area contributed by atoms with Gasteiger partial charge >= 0.3 is 6.03 Å². The first kappa shape index (κ1) is 27.8. The smallest absolute Gasteiger partial charge is 0.325 e. The van der Waals surface area contributed by atoms with Crippen molar-refractivity contribution >= 4 is 57.7 Å². The molecule has 198 valence electrons. The number of nitrogens with zero attached hydrogens (tertiary/aromatic N) is 1. The van der Waals surface area contributed by atoms with Crippen LogP contribution in [0.5, 0.6) is 5.75 Å². The van der Waals surface area contributed by atoms with Crippen LogP contribution in [-0.4, -0.2) is 58.3 Å². The summed E-state index contributed by atoms with van der Waals surface area (Å²) in [5.74, 6) is -0.693. The highest BCUT2D eigenvalue weighted by Gasteiger charge is 2.45. The second-order valence-electron chi connectivity index (χ2n) is 8.63. The van der Waals surface area contributed by atoms with E-state index in [0.717, 1.165) is 14.0 Å². The molecule has 1 saturated heterocycles. The Morgan fingerprint density at radius 2 is 1.82 bits per heavy atom. The Kier molecular flexibility index (Phi) is 9.21. The molecular formula is C27H25ClIN3O6. The molecule has 1 unspecified atom stereocenters. The minimum atomic E-state index is -1.13. The molecule has 0 spiro atoms. The molecule has 0 aliphatic carbocycles. The summed E-state index contributed by atoms with van der Waals surface area (Å²) >= 11 is 8.41. The molecule has 3 aromatic carbocycles. The Hall–Kier alpha value is -3.19. The first-order chi connectivity index (χ1) is 18.3. The van der Waals surface area contributed by atoms with E-state index in [2.05, 4.69) is 33.2 Å². The highest BCUT2D eigenvalue weighted by Crippen LogP contribution is 2.29. The fourth-order valence-corrected chi connectivity index (χ4v) is 4.87. The second-order valence-corrected chi connectivity index (χ2v) is 10.3. The topological polar surface area (TPSA) is 128 Å². The van der Waals surface area contributed by atoms with E-state index >= 15 is 0 Å². The molecule has 0 bridgehead atoms. The first-order valence-corrected chi connectivity index (χ1v) is 13.2. The number of nitrogens with one attached hydrogen (secondary N) is 2. The van der Waals surface area contributed by atoms with Crippen LogP contribution in [0.15, 0.2) is 72.8 Å². The average Bonchev–Trinajstić information content (AvgIpc) is 3.21. The van der Waals surface area contributed by atoms with E-state index in [1.807, 2.05) is 30.3 Å². The Bertz CT molecular complexity index is 1310. The third-order valence-electron chi connectivity index (χ3n) is 5.91. The molecule has 3 aromatic rings. The van der Waals surface area contributed by atoms with Crippen molar-refractivity contribution in [2.45, 2.75) is 24.6 Å². The molecule has 1 fully saturated rings. The Labute approximate surface area is 237 Å². The van der Waals surface area contributed by atoms with Crippen molar-refractivity contribution < 1.29 is 29.3 Å². The van der Waals surface area contributed by atoms with Gasteiger partial charge in [0.15, 0.2) is 0 Å². The standard InChI is InChI=1S/C27H25ClIN3O6/c28-21-13-18(29)8-11-22(21)30-25(35)23(12-16-4-2-1-3-5-16)32-26(36)24(31-27(32)37)17-6-9-20(10-7-17)38-15-19(34)14-33/h1-11,13,19,23-24,33-34H,12,14-15H2,(H,30,35)(H,31,37)/t19-,23?,24-/m1/s1. The molecule has 11 heteroatoms. The number of aliphatic hydroxyl groups is 2. The fraction of sp³-hybridized carbons (Fsp3) is 0.222. The molecule has 3 atom stereocenters. The van der Waals surface area contributed by atoms with E-state index < -0.39 is 42.6 Å². The summed E-state index contributed by atoms with van der Waals surface area (Å²) in [7, 11) is 0. The number of imide groups is 1. The van der Waals surface area contributed by atoms with E-state index in [0.29, 0.717) is 22.0 Å². The van der Waals surface area contributed by atoms with E-state index in [9.17, 15) is 19.5 Å². The van der Waals surface area contributed by atoms with Gasteiger partial charge in [-0.15, -0.1) is 0 Å². The first-order valence-electron chi connectivity index (χ1n) is 11.7. The molecular weight excluding hydrogens is 625 g/mol. The number of amides is 4. The van der Waals surface area contributed by atoms with Crippen LogP contribution < -0.4 is 15.4 Å². The lowest BCUT2D eigenvalue weighted by Crippen LogP contribution is -2.49. The maximum atomic E-state index is 13.5. The third-order valence-corrected chi connectivity index (χ3v) is 6.90. The van der Waals surface area contributed by atoms with Crippen molar-refractivity contribution in [3.8, 4) is 5.75 Å². The molecule has 1 heterocycles. The summed E-state index contributed by atoms with van der Waals surface area (Å²) in [6, 6.07) is 17.9. The molecule has 1 aliphatic heterocycles. The van der Waals surface area contributed by atoms with Gasteiger partial charge in [0.1, 0.15) is 30.5 Å². The van der Waals surface area contributed by atoms with Crippen molar-refractivity contribution in [2.24, 2.45) is 0 Å². The summed E-state index contributed by atoms with van der Waals surface area (Å²) in [6.07, 6.45) is -0.901. The number of benzene rings is 3. The largest absolute Gasteiger partial charge is 0.491 e. The van der Waals surface area contributed by atoms with Gasteiger partial charge in [0.25, 0.3) is 5.91 Å². The van der Waals surface area contributed by atoms with Gasteiger partial charge in [-0.3, -0.25) is 9.59 Å². The molecule has 4 N–H and O–H groups in total. The maximum Gasteiger partial charge on any atom is 0.325 e. The SMILES string of the molecule is O=C(Nc1ccc(I)cc1Cl)C(Cc1ccccc1)N1C(=O)N[C@H](c2ccc(OC[C@H](O)CO)cc2)C1=O. The minimum Gasteiger partial charge on any atom is -0.491 e. The number of hydrogen-bond donors (Lipinski definition) is 4. The molecule has 4 amide bonds. The van der Waals surface area contributed by atoms with Gasteiger partial charge in [-0.1, -0.05) is 54.1 Å². The highest BCUT2D eigenvalue weighted by atomic mass is 127. The molecule has 0 radical (unpaired) electrons. The van der Waals surface area contributed by atoms with Gasteiger partial charge in [0.05, 0.1) is 17.3 Å². The van der Waals surface area contributed by atoms with Gasteiger partial charge < -0.3 is 25.6 Å². The number of carbonyl (C=O) groups is 3. The fourth-order valence-electron chi connectivity index (χ4n) is 3.96. The number of hydrogen-bond acceptors (Lipinski definition) is 6. The molecule has 38 heavy (non-hydrogen) atoms. The van der Waals surface area contributed by atoms with Crippen LogP contribution in [0.4, 0.5) is 10.5 Å². The number of aliphatic hydroxyl groups excluding tert-OH is 2. The van der Waals surface area contributed by atoms with Crippen LogP contribution in [0.2, 0.25) is 5.02 Å². The quantitative estimate of drug-likeness (QED) is 0.197. The van der Waals surface area contributed by atoms with Gasteiger partial charge in [-0.05, 0) is 64.0 Å². The van der Waals surface area contributed by atoms with Crippen LogP contribution in [0.3, 0.4) is 0 Å². The van der Waals surface area contributed by atoms with Crippen molar-refractivity contribution in [1.82, 2.24) is 10.2 Å². The van der Waals surface area contributed by atoms with Gasteiger partial charge in [-0.25, -0.2) is 9.69 Å². The summed E-state index contributed by atoms with van der Waals surface area (Å²) in [4.78, 5) is 41.0. The lowest BCUT2D eigenvalue weighted by Gasteiger charge is -2.25. The van der Waals surface area contributed by atoms with Crippen LogP contribution in [0, 0.1) is 3.57 Å². The maximum absolute atomic E-state index is 13.5. The van der Waals surface area contributed by atoms with Crippen molar-refractivity contribution in [3.05, 3.63) is 92.5 Å².